The van der Waals surface area contributed by atoms with E-state index in [2.05, 4.69) is 9.80 Å². The molecule has 0 saturated carbocycles. The van der Waals surface area contributed by atoms with Crippen molar-refractivity contribution in [2.24, 2.45) is 0 Å². The lowest BCUT2D eigenvalue weighted by Crippen LogP contribution is -2.46. The molecular formula is C35H38F2N4O4S. The lowest BCUT2D eigenvalue weighted by atomic mass is 9.92. The van der Waals surface area contributed by atoms with E-state index in [0.717, 1.165) is 52.5 Å². The van der Waals surface area contributed by atoms with E-state index in [-0.39, 0.29) is 23.1 Å². The highest BCUT2D eigenvalue weighted by Gasteiger charge is 2.49. The molecule has 4 aromatic rings. The van der Waals surface area contributed by atoms with Crippen molar-refractivity contribution in [3.05, 3.63) is 53.8 Å². The summed E-state index contributed by atoms with van der Waals surface area (Å²) in [6.07, 6.45) is 3.25. The van der Waals surface area contributed by atoms with E-state index in [1.807, 2.05) is 25.1 Å². The van der Waals surface area contributed by atoms with Gasteiger partial charge in [0.2, 0.25) is 0 Å². The minimum Gasteiger partial charge on any atom is -0.508 e. The number of piperidine rings is 1. The molecule has 3 atom stereocenters. The third-order valence-corrected chi connectivity index (χ3v) is 12.5. The lowest BCUT2D eigenvalue weighted by Gasteiger charge is -2.38. The topological polar surface area (TPSA) is 88.0 Å². The number of phenolic OH excluding ortho intramolecular Hbond substituents is 1. The van der Waals surface area contributed by atoms with E-state index >= 15 is 0 Å². The predicted octanol–water partition coefficient (Wildman–Crippen LogP) is 5.89. The Morgan fingerprint density at radius 1 is 1.11 bits per heavy atom. The van der Waals surface area contributed by atoms with Gasteiger partial charge in [0, 0.05) is 50.0 Å². The number of alkyl halides is 1. The number of ether oxygens (including phenoxy) is 2. The van der Waals surface area contributed by atoms with Gasteiger partial charge >= 0.3 is 6.01 Å². The molecule has 1 N–H and O–H groups in total. The average Bonchev–Trinajstić information content (AvgIpc) is 3.70. The number of hydrogen-bond donors (Lipinski definition) is 1. The quantitative estimate of drug-likeness (QED) is 0.277. The molecule has 3 aromatic carbocycles. The van der Waals surface area contributed by atoms with Crippen molar-refractivity contribution in [2.45, 2.75) is 62.1 Å². The third-order valence-electron chi connectivity index (χ3n) is 10.6. The number of halogens is 2. The Bertz CT molecular complexity index is 1870. The molecular weight excluding hydrogens is 610 g/mol. The van der Waals surface area contributed by atoms with E-state index < -0.39 is 21.9 Å². The Kier molecular flexibility index (Phi) is 7.41. The fourth-order valence-electron chi connectivity index (χ4n) is 8.27. The van der Waals surface area contributed by atoms with Crippen LogP contribution in [-0.2, 0) is 22.0 Å². The van der Waals surface area contributed by atoms with Crippen LogP contribution in [-0.4, -0.2) is 86.0 Å². The number of aromatic hydroxyl groups is 1. The van der Waals surface area contributed by atoms with Crippen molar-refractivity contribution < 1.29 is 27.6 Å². The van der Waals surface area contributed by atoms with Crippen LogP contribution in [0.5, 0.6) is 11.8 Å². The molecule has 4 fully saturated rings. The van der Waals surface area contributed by atoms with E-state index in [1.165, 1.54) is 6.07 Å². The maximum absolute atomic E-state index is 15.0. The fraction of sp³-hybridized carbons (Fsp3) is 0.486. The number of fused-ring (bicyclic) bond motifs is 3. The van der Waals surface area contributed by atoms with Crippen molar-refractivity contribution in [1.29, 1.82) is 0 Å². The molecule has 0 amide bonds. The Morgan fingerprint density at radius 3 is 2.74 bits per heavy atom. The second kappa shape index (κ2) is 11.4. The zero-order valence-corrected chi connectivity index (χ0v) is 26.8. The third kappa shape index (κ3) is 4.93. The highest BCUT2D eigenvalue weighted by atomic mass is 32.2. The van der Waals surface area contributed by atoms with Gasteiger partial charge in [0.1, 0.15) is 35.1 Å². The zero-order valence-electron chi connectivity index (χ0n) is 25.9. The molecule has 4 aliphatic rings. The van der Waals surface area contributed by atoms with E-state index in [1.54, 1.807) is 18.2 Å². The highest BCUT2D eigenvalue weighted by Crippen LogP contribution is 2.42. The number of benzene rings is 3. The van der Waals surface area contributed by atoms with Crippen LogP contribution in [0.4, 0.5) is 14.6 Å². The van der Waals surface area contributed by atoms with Gasteiger partial charge < -0.3 is 19.5 Å². The Balaban J connectivity index is 1.21. The standard InChI is InChI=1S/C35H38F2N4O4S/c1-2-26-29(37)7-5-23-16-25(42)18-28(31(23)26)22-4-6-27-30(17-22)38-33(44-21-34-8-3-11-41(34)20-24(36)19-34)39-32(27)40-12-9-35(10-13-40)45-14-15-46(35)43/h4-7,16-18,24,42H,2-3,8-15,19-21H2,1H3/t24-,34+,46?/m1/s1. The molecule has 4 aliphatic heterocycles. The SMILES string of the molecule is CCc1c(F)ccc2cc(O)cc(-c3ccc4c(N5CCC6(CC5)OCCS6=O)nc(OC[C@@]56CCCN5C[C@H](F)C6)nc4c3)c12. The highest BCUT2D eigenvalue weighted by molar-refractivity contribution is 7.86. The first kappa shape index (κ1) is 30.0. The van der Waals surface area contributed by atoms with Gasteiger partial charge in [-0.05, 0) is 83.6 Å². The summed E-state index contributed by atoms with van der Waals surface area (Å²) in [6.45, 7) is 5.31. The largest absolute Gasteiger partial charge is 0.508 e. The van der Waals surface area contributed by atoms with Crippen LogP contribution >= 0.6 is 0 Å². The Morgan fingerprint density at radius 2 is 1.96 bits per heavy atom. The van der Waals surface area contributed by atoms with Crippen molar-refractivity contribution >= 4 is 38.3 Å². The van der Waals surface area contributed by atoms with E-state index in [0.29, 0.717) is 75.4 Å². The predicted molar refractivity (Wildman–Crippen MR) is 175 cm³/mol. The van der Waals surface area contributed by atoms with Gasteiger partial charge in [-0.25, -0.2) is 8.78 Å². The second-order valence-electron chi connectivity index (χ2n) is 13.2. The summed E-state index contributed by atoms with van der Waals surface area (Å²) in [7, 11) is -1.01. The smallest absolute Gasteiger partial charge is 0.319 e. The summed E-state index contributed by atoms with van der Waals surface area (Å²) >= 11 is 0. The van der Waals surface area contributed by atoms with Gasteiger partial charge in [-0.3, -0.25) is 9.11 Å². The fourth-order valence-corrected chi connectivity index (χ4v) is 9.73. The molecule has 1 spiro atoms. The number of rotatable bonds is 6. The molecule has 11 heteroatoms. The van der Waals surface area contributed by atoms with Crippen LogP contribution in [0, 0.1) is 5.82 Å². The van der Waals surface area contributed by atoms with Crippen LogP contribution in [0.2, 0.25) is 0 Å². The number of hydrogen-bond acceptors (Lipinski definition) is 8. The van der Waals surface area contributed by atoms with E-state index in [9.17, 15) is 18.1 Å². The molecule has 0 aliphatic carbocycles. The summed E-state index contributed by atoms with van der Waals surface area (Å²) in [5.41, 5.74) is 2.41. The van der Waals surface area contributed by atoms with Crippen LogP contribution in [0.3, 0.4) is 0 Å². The van der Waals surface area contributed by atoms with Crippen LogP contribution < -0.4 is 9.64 Å². The normalized spacial score (nSPS) is 26.0. The van der Waals surface area contributed by atoms with E-state index in [4.69, 9.17) is 19.4 Å². The molecule has 242 valence electrons. The summed E-state index contributed by atoms with van der Waals surface area (Å²) in [5.74, 6) is 1.12. The number of phenols is 1. The van der Waals surface area contributed by atoms with Crippen LogP contribution in [0.25, 0.3) is 32.8 Å². The summed E-state index contributed by atoms with van der Waals surface area (Å²) < 4.78 is 54.6. The summed E-state index contributed by atoms with van der Waals surface area (Å²) in [6, 6.07) is 12.6. The van der Waals surface area contributed by atoms with Gasteiger partial charge in [0.25, 0.3) is 0 Å². The monoisotopic (exact) mass is 648 g/mol. The molecule has 8 nitrogen and oxygen atoms in total. The first-order chi connectivity index (χ1) is 22.3. The molecule has 1 unspecified atom stereocenters. The van der Waals surface area contributed by atoms with Gasteiger partial charge in [0.05, 0.1) is 28.5 Å². The average molecular weight is 649 g/mol. The van der Waals surface area contributed by atoms with Crippen molar-refractivity contribution in [1.82, 2.24) is 14.9 Å². The molecule has 1 aromatic heterocycles. The minimum absolute atomic E-state index is 0.0977. The van der Waals surface area contributed by atoms with Crippen molar-refractivity contribution in [3.63, 3.8) is 0 Å². The van der Waals surface area contributed by atoms with Gasteiger partial charge in [-0.2, -0.15) is 9.97 Å². The van der Waals surface area contributed by atoms with Gasteiger partial charge in [0.15, 0.2) is 0 Å². The first-order valence-electron chi connectivity index (χ1n) is 16.3. The maximum atomic E-state index is 15.0. The molecule has 5 heterocycles. The van der Waals surface area contributed by atoms with Crippen LogP contribution in [0.15, 0.2) is 42.5 Å². The first-order valence-corrected chi connectivity index (χ1v) is 17.6. The number of nitrogens with zero attached hydrogens (tertiary/aromatic N) is 4. The number of aromatic nitrogens is 2. The van der Waals surface area contributed by atoms with Crippen molar-refractivity contribution in [3.8, 4) is 22.9 Å². The number of anilines is 1. The zero-order chi connectivity index (χ0) is 31.6. The van der Waals surface area contributed by atoms with Crippen molar-refractivity contribution in [2.75, 3.05) is 50.0 Å². The number of aryl methyl sites for hydroxylation is 1. The molecule has 46 heavy (non-hydrogen) atoms. The molecule has 8 rings (SSSR count). The van der Waals surface area contributed by atoms with Gasteiger partial charge in [-0.1, -0.05) is 19.1 Å². The molecule has 0 radical (unpaired) electrons. The second-order valence-corrected chi connectivity index (χ2v) is 15.0. The summed E-state index contributed by atoms with van der Waals surface area (Å²) in [5, 5.41) is 13.0. The van der Waals surface area contributed by atoms with Crippen LogP contribution in [0.1, 0.15) is 44.6 Å². The maximum Gasteiger partial charge on any atom is 0.319 e. The lowest BCUT2D eigenvalue weighted by molar-refractivity contribution is 0.0309. The molecule has 0 bridgehead atoms. The summed E-state index contributed by atoms with van der Waals surface area (Å²) in [4.78, 5) is 13.6. The minimum atomic E-state index is -1.01. The molecule has 4 saturated heterocycles. The Labute approximate surface area is 269 Å². The van der Waals surface area contributed by atoms with Gasteiger partial charge in [-0.15, -0.1) is 0 Å². The Hall–Kier alpha value is -3.41.